The van der Waals surface area contributed by atoms with Crippen LogP contribution in [-0.2, 0) is 6.42 Å². The number of fused-ring (bicyclic) bond motifs is 3. The molecule has 0 spiro atoms. The Bertz CT molecular complexity index is 774. The molecule has 20 heavy (non-hydrogen) atoms. The van der Waals surface area contributed by atoms with Gasteiger partial charge in [-0.1, -0.05) is 11.3 Å². The fourth-order valence-corrected chi connectivity index (χ4v) is 3.72. The predicted molar refractivity (Wildman–Crippen MR) is 76.4 cm³/mol. The maximum atomic E-state index is 13.0. The van der Waals surface area contributed by atoms with Crippen LogP contribution in [-0.4, -0.2) is 21.1 Å². The van der Waals surface area contributed by atoms with Gasteiger partial charge in [0.25, 0.3) is 0 Å². The zero-order valence-electron chi connectivity index (χ0n) is 10.9. The van der Waals surface area contributed by atoms with Gasteiger partial charge in [0.1, 0.15) is 5.82 Å². The molecule has 3 heterocycles. The van der Waals surface area contributed by atoms with Crippen LogP contribution in [0.2, 0.25) is 0 Å². The Morgan fingerprint density at radius 3 is 2.95 bits per heavy atom. The third-order valence-electron chi connectivity index (χ3n) is 3.63. The monoisotopic (exact) mass is 288 g/mol. The molecule has 1 N–H and O–H groups in total. The summed E-state index contributed by atoms with van der Waals surface area (Å²) in [6, 6.07) is 6.66. The highest BCUT2D eigenvalue weighted by atomic mass is 32.1. The van der Waals surface area contributed by atoms with Gasteiger partial charge >= 0.3 is 0 Å². The van der Waals surface area contributed by atoms with E-state index in [1.165, 1.54) is 22.7 Å². The van der Waals surface area contributed by atoms with Crippen molar-refractivity contribution in [2.45, 2.75) is 19.4 Å². The highest BCUT2D eigenvalue weighted by molar-refractivity contribution is 7.17. The molecule has 0 fully saturated rings. The van der Waals surface area contributed by atoms with Crippen LogP contribution in [0.3, 0.4) is 0 Å². The molecule has 1 unspecified atom stereocenters. The zero-order chi connectivity index (χ0) is 13.7. The molecule has 0 saturated carbocycles. The van der Waals surface area contributed by atoms with Gasteiger partial charge in [0.05, 0.1) is 5.69 Å². The second kappa shape index (κ2) is 4.36. The fourth-order valence-electron chi connectivity index (χ4n) is 2.59. The average molecular weight is 288 g/mol. The standard InChI is InChI=1S/C14H13FN4S/c1-8-12-11(6-7-16-8)19-14(20-12)17-13(18-19)9-2-4-10(15)5-3-9/h2-5,8,16H,6-7H2,1H3. The molecule has 2 aromatic heterocycles. The van der Waals surface area contributed by atoms with E-state index in [0.717, 1.165) is 23.5 Å². The van der Waals surface area contributed by atoms with E-state index in [1.807, 2.05) is 4.52 Å². The fraction of sp³-hybridized carbons (Fsp3) is 0.286. The highest BCUT2D eigenvalue weighted by Gasteiger charge is 2.23. The molecule has 4 nitrogen and oxygen atoms in total. The number of thiazole rings is 1. The highest BCUT2D eigenvalue weighted by Crippen LogP contribution is 2.32. The summed E-state index contributed by atoms with van der Waals surface area (Å²) < 4.78 is 14.9. The van der Waals surface area contributed by atoms with Gasteiger partial charge in [-0.15, -0.1) is 5.10 Å². The van der Waals surface area contributed by atoms with Crippen molar-refractivity contribution in [3.05, 3.63) is 40.7 Å². The maximum absolute atomic E-state index is 13.0. The Hall–Kier alpha value is -1.79. The van der Waals surface area contributed by atoms with Gasteiger partial charge in [-0.3, -0.25) is 0 Å². The van der Waals surface area contributed by atoms with Crippen LogP contribution in [0.5, 0.6) is 0 Å². The van der Waals surface area contributed by atoms with E-state index in [0.29, 0.717) is 11.9 Å². The van der Waals surface area contributed by atoms with Crippen molar-refractivity contribution in [3.8, 4) is 11.4 Å². The number of nitrogens with zero attached hydrogens (tertiary/aromatic N) is 3. The smallest absolute Gasteiger partial charge is 0.213 e. The van der Waals surface area contributed by atoms with Gasteiger partial charge in [0.2, 0.25) is 4.96 Å². The molecule has 4 rings (SSSR count). The third kappa shape index (κ3) is 1.76. The third-order valence-corrected chi connectivity index (χ3v) is 4.88. The summed E-state index contributed by atoms with van der Waals surface area (Å²) in [5.41, 5.74) is 2.09. The van der Waals surface area contributed by atoms with Crippen molar-refractivity contribution in [1.82, 2.24) is 19.9 Å². The number of hydrogen-bond donors (Lipinski definition) is 1. The summed E-state index contributed by atoms with van der Waals surface area (Å²) >= 11 is 1.68. The number of rotatable bonds is 1. The molecule has 1 aromatic carbocycles. The van der Waals surface area contributed by atoms with E-state index < -0.39 is 0 Å². The number of nitrogens with one attached hydrogen (secondary N) is 1. The van der Waals surface area contributed by atoms with E-state index in [9.17, 15) is 4.39 Å². The Kier molecular flexibility index (Phi) is 2.61. The van der Waals surface area contributed by atoms with Crippen molar-refractivity contribution >= 4 is 16.3 Å². The Balaban J connectivity index is 1.84. The molecule has 0 aliphatic carbocycles. The lowest BCUT2D eigenvalue weighted by molar-refractivity contribution is 0.537. The first-order chi connectivity index (χ1) is 9.72. The van der Waals surface area contributed by atoms with Crippen molar-refractivity contribution < 1.29 is 4.39 Å². The van der Waals surface area contributed by atoms with Gasteiger partial charge < -0.3 is 5.32 Å². The van der Waals surface area contributed by atoms with Crippen molar-refractivity contribution in [2.75, 3.05) is 6.54 Å². The summed E-state index contributed by atoms with van der Waals surface area (Å²) in [7, 11) is 0. The zero-order valence-corrected chi connectivity index (χ0v) is 11.7. The van der Waals surface area contributed by atoms with Crippen LogP contribution in [0.25, 0.3) is 16.3 Å². The second-order valence-corrected chi connectivity index (χ2v) is 5.98. The lowest BCUT2D eigenvalue weighted by atomic mass is 10.1. The van der Waals surface area contributed by atoms with E-state index in [2.05, 4.69) is 22.3 Å². The van der Waals surface area contributed by atoms with E-state index in [1.54, 1.807) is 23.5 Å². The molecule has 0 bridgehead atoms. The Morgan fingerprint density at radius 1 is 1.35 bits per heavy atom. The molecule has 6 heteroatoms. The van der Waals surface area contributed by atoms with Crippen LogP contribution in [0.4, 0.5) is 4.39 Å². The van der Waals surface area contributed by atoms with Crippen LogP contribution >= 0.6 is 11.3 Å². The first kappa shape index (κ1) is 12.0. The van der Waals surface area contributed by atoms with Gasteiger partial charge in [-0.2, -0.15) is 4.98 Å². The first-order valence-corrected chi connectivity index (χ1v) is 7.41. The maximum Gasteiger partial charge on any atom is 0.213 e. The molecular formula is C14H13FN4S. The quantitative estimate of drug-likeness (QED) is 0.748. The van der Waals surface area contributed by atoms with E-state index in [4.69, 9.17) is 0 Å². The van der Waals surface area contributed by atoms with Crippen molar-refractivity contribution in [3.63, 3.8) is 0 Å². The largest absolute Gasteiger partial charge is 0.309 e. The molecule has 1 aliphatic heterocycles. The topological polar surface area (TPSA) is 42.2 Å². The minimum Gasteiger partial charge on any atom is -0.309 e. The predicted octanol–water partition coefficient (Wildman–Crippen LogP) is 2.80. The lowest BCUT2D eigenvalue weighted by Crippen LogP contribution is -2.27. The molecule has 1 atom stereocenters. The van der Waals surface area contributed by atoms with Crippen LogP contribution in [0.15, 0.2) is 24.3 Å². The summed E-state index contributed by atoms with van der Waals surface area (Å²) in [5, 5.41) is 8.03. The molecule has 1 aliphatic rings. The summed E-state index contributed by atoms with van der Waals surface area (Å²) in [6.45, 7) is 3.13. The molecule has 3 aromatic rings. The van der Waals surface area contributed by atoms with Crippen LogP contribution in [0, 0.1) is 5.82 Å². The minimum atomic E-state index is -0.243. The van der Waals surface area contributed by atoms with Crippen molar-refractivity contribution in [1.29, 1.82) is 0 Å². The lowest BCUT2D eigenvalue weighted by Gasteiger charge is -2.19. The average Bonchev–Trinajstić information content (AvgIpc) is 2.99. The Morgan fingerprint density at radius 2 is 2.15 bits per heavy atom. The Labute approximate surface area is 119 Å². The molecule has 0 radical (unpaired) electrons. The SMILES string of the molecule is CC1NCCc2c1sc1nc(-c3ccc(F)cc3)nn21. The minimum absolute atomic E-state index is 0.243. The van der Waals surface area contributed by atoms with Gasteiger partial charge in [0.15, 0.2) is 5.82 Å². The van der Waals surface area contributed by atoms with Gasteiger partial charge in [-0.05, 0) is 31.2 Å². The number of hydrogen-bond acceptors (Lipinski definition) is 4. The number of benzene rings is 1. The summed E-state index contributed by atoms with van der Waals surface area (Å²) in [5.74, 6) is 0.414. The van der Waals surface area contributed by atoms with Gasteiger partial charge in [0, 0.05) is 29.4 Å². The number of aromatic nitrogens is 3. The van der Waals surface area contributed by atoms with E-state index in [-0.39, 0.29) is 5.82 Å². The van der Waals surface area contributed by atoms with E-state index >= 15 is 0 Å². The second-order valence-electron chi connectivity index (χ2n) is 4.98. The molecular weight excluding hydrogens is 275 g/mol. The molecule has 0 saturated heterocycles. The summed E-state index contributed by atoms with van der Waals surface area (Å²) in [6.07, 6.45) is 0.964. The normalized spacial score (nSPS) is 18.4. The van der Waals surface area contributed by atoms with Crippen LogP contribution < -0.4 is 5.32 Å². The van der Waals surface area contributed by atoms with Crippen LogP contribution in [0.1, 0.15) is 23.5 Å². The molecule has 0 amide bonds. The van der Waals surface area contributed by atoms with Crippen molar-refractivity contribution in [2.24, 2.45) is 0 Å². The molecule has 102 valence electrons. The summed E-state index contributed by atoms with van der Waals surface area (Å²) in [4.78, 5) is 6.80. The van der Waals surface area contributed by atoms with Gasteiger partial charge in [-0.25, -0.2) is 8.91 Å². The first-order valence-electron chi connectivity index (χ1n) is 6.60. The number of halogens is 1.